The van der Waals surface area contributed by atoms with Crippen LogP contribution in [0.1, 0.15) is 45.9 Å². The molecular weight excluding hydrogens is 531 g/mol. The summed E-state index contributed by atoms with van der Waals surface area (Å²) in [6, 6.07) is 9.23. The topological polar surface area (TPSA) is 121 Å². The standard InChI is InChI=1S/C31H33FN10/c1-17-35-15-25(42(17)4)23-7-5-18-14-33-16-36-30(26(18)37-23)31-39-27-22(6-8-24-28(38-24)29(27)40-31)19-11-20(32)13-21(12-19)34-9-10-41(2)3/h5-8,11-13,15,28,33-34,38H,9-10,14,16H2,1-4H3,(H,39,40). The average Bonchev–Trinajstić information content (AvgIpc) is 3.59. The second-order valence-corrected chi connectivity index (χ2v) is 11.1. The van der Waals surface area contributed by atoms with Crippen LogP contribution in [0.4, 0.5) is 10.1 Å². The summed E-state index contributed by atoms with van der Waals surface area (Å²) in [6.07, 6.45) is 5.91. The van der Waals surface area contributed by atoms with Crippen molar-refractivity contribution in [3.8, 4) is 11.4 Å². The molecule has 0 amide bonds. The second kappa shape index (κ2) is 10.3. The Morgan fingerprint density at radius 2 is 2.00 bits per heavy atom. The molecule has 5 heterocycles. The molecule has 42 heavy (non-hydrogen) atoms. The molecule has 214 valence electrons. The number of hydrogen-bond donors (Lipinski definition) is 4. The van der Waals surface area contributed by atoms with Gasteiger partial charge in [0.1, 0.15) is 23.4 Å². The lowest BCUT2D eigenvalue weighted by Crippen LogP contribution is -2.20. The van der Waals surface area contributed by atoms with E-state index in [1.807, 2.05) is 63.1 Å². The van der Waals surface area contributed by atoms with E-state index in [1.54, 1.807) is 6.07 Å². The second-order valence-electron chi connectivity index (χ2n) is 11.1. The minimum atomic E-state index is -0.298. The number of benzene rings is 1. The number of aryl methyl sites for hydroxylation is 1. The number of likely N-dealkylation sites (N-methyl/N-ethyl adjacent to an activating group) is 1. The van der Waals surface area contributed by atoms with Crippen molar-refractivity contribution in [1.82, 2.24) is 40.0 Å². The fourth-order valence-corrected chi connectivity index (χ4v) is 5.47. The van der Waals surface area contributed by atoms with Crippen LogP contribution in [0.2, 0.25) is 0 Å². The van der Waals surface area contributed by atoms with Crippen molar-refractivity contribution >= 4 is 17.0 Å². The van der Waals surface area contributed by atoms with Gasteiger partial charge in [-0.3, -0.25) is 10.3 Å². The van der Waals surface area contributed by atoms with Gasteiger partial charge in [-0.25, -0.2) is 19.3 Å². The minimum Gasteiger partial charge on any atom is -0.384 e. The molecular formula is C31H33FN10. The smallest absolute Gasteiger partial charge is 0.158 e. The van der Waals surface area contributed by atoms with Gasteiger partial charge in [-0.05, 0) is 62.5 Å². The number of fused-ring (bicyclic) bond motifs is 4. The Morgan fingerprint density at radius 1 is 1.12 bits per heavy atom. The SMILES string of the molecule is Cc1ncc(-c2ccc3c(n2)C(c2nc4c([nH]2)C2NC2=CC=C4c2cc(F)cc(NCCN(C)C)c2)=NCNC3)n1C. The number of aromatic nitrogens is 5. The number of nitrogens with one attached hydrogen (secondary N) is 4. The van der Waals surface area contributed by atoms with Crippen molar-refractivity contribution in [3.63, 3.8) is 0 Å². The Labute approximate surface area is 243 Å². The van der Waals surface area contributed by atoms with Gasteiger partial charge in [0.25, 0.3) is 0 Å². The summed E-state index contributed by atoms with van der Waals surface area (Å²) in [7, 11) is 6.02. The van der Waals surface area contributed by atoms with E-state index in [1.165, 1.54) is 6.07 Å². The number of H-pyrrole nitrogens is 1. The zero-order valence-corrected chi connectivity index (χ0v) is 24.1. The minimum absolute atomic E-state index is 0.0296. The monoisotopic (exact) mass is 564 g/mol. The molecule has 0 radical (unpaired) electrons. The third-order valence-corrected chi connectivity index (χ3v) is 7.92. The maximum atomic E-state index is 14.9. The van der Waals surface area contributed by atoms with E-state index in [0.717, 1.165) is 68.9 Å². The Hall–Kier alpha value is -4.61. The van der Waals surface area contributed by atoms with Gasteiger partial charge in [-0.2, -0.15) is 0 Å². The fourth-order valence-electron chi connectivity index (χ4n) is 5.47. The molecule has 4 aromatic rings. The molecule has 1 saturated heterocycles. The number of aliphatic imine (C=N–C) groups is 1. The van der Waals surface area contributed by atoms with Gasteiger partial charge in [0.15, 0.2) is 5.82 Å². The van der Waals surface area contributed by atoms with Crippen LogP contribution in [0.3, 0.4) is 0 Å². The van der Waals surface area contributed by atoms with Crippen LogP contribution in [0.5, 0.6) is 0 Å². The zero-order chi connectivity index (χ0) is 29.0. The molecule has 1 atom stereocenters. The highest BCUT2D eigenvalue weighted by Crippen LogP contribution is 2.42. The van der Waals surface area contributed by atoms with Crippen LogP contribution >= 0.6 is 0 Å². The third-order valence-electron chi connectivity index (χ3n) is 7.92. The summed E-state index contributed by atoms with van der Waals surface area (Å²) >= 11 is 0. The number of allylic oxidation sites excluding steroid dienone is 2. The van der Waals surface area contributed by atoms with Gasteiger partial charge < -0.3 is 25.1 Å². The zero-order valence-electron chi connectivity index (χ0n) is 24.1. The summed E-state index contributed by atoms with van der Waals surface area (Å²) in [5.74, 6) is 1.26. The van der Waals surface area contributed by atoms with E-state index in [4.69, 9.17) is 15.0 Å². The van der Waals surface area contributed by atoms with Crippen molar-refractivity contribution in [1.29, 1.82) is 0 Å². The maximum Gasteiger partial charge on any atom is 0.158 e. The molecule has 4 N–H and O–H groups in total. The van der Waals surface area contributed by atoms with E-state index in [-0.39, 0.29) is 11.9 Å². The molecule has 1 unspecified atom stereocenters. The largest absolute Gasteiger partial charge is 0.384 e. The molecule has 0 bridgehead atoms. The number of anilines is 1. The number of nitrogens with zero attached hydrogens (tertiary/aromatic N) is 6. The first kappa shape index (κ1) is 26.3. The summed E-state index contributed by atoms with van der Waals surface area (Å²) < 4.78 is 16.9. The van der Waals surface area contributed by atoms with Crippen molar-refractivity contribution < 1.29 is 4.39 Å². The van der Waals surface area contributed by atoms with Gasteiger partial charge in [-0.15, -0.1) is 0 Å². The number of pyridine rings is 1. The number of halogens is 1. The normalized spacial score (nSPS) is 17.2. The van der Waals surface area contributed by atoms with E-state index < -0.39 is 0 Å². The summed E-state index contributed by atoms with van der Waals surface area (Å²) in [4.78, 5) is 25.2. The highest BCUT2D eigenvalue weighted by atomic mass is 19.1. The van der Waals surface area contributed by atoms with Gasteiger partial charge >= 0.3 is 0 Å². The number of aromatic amines is 1. The van der Waals surface area contributed by atoms with Crippen LogP contribution in [-0.4, -0.2) is 69.0 Å². The van der Waals surface area contributed by atoms with Crippen LogP contribution in [0.25, 0.3) is 17.0 Å². The van der Waals surface area contributed by atoms with Crippen molar-refractivity contribution in [2.24, 2.45) is 12.0 Å². The quantitative estimate of drug-likeness (QED) is 0.254. The Morgan fingerprint density at radius 3 is 2.81 bits per heavy atom. The molecule has 10 nitrogen and oxygen atoms in total. The van der Waals surface area contributed by atoms with Crippen LogP contribution < -0.4 is 16.0 Å². The Kier molecular flexibility index (Phi) is 6.47. The van der Waals surface area contributed by atoms with Crippen molar-refractivity contribution in [3.05, 3.63) is 100 Å². The van der Waals surface area contributed by atoms with Gasteiger partial charge in [0, 0.05) is 43.6 Å². The molecule has 1 aliphatic carbocycles. The van der Waals surface area contributed by atoms with E-state index >= 15 is 0 Å². The molecule has 3 aliphatic rings. The van der Waals surface area contributed by atoms with Crippen LogP contribution in [0.15, 0.2) is 59.4 Å². The van der Waals surface area contributed by atoms with Gasteiger partial charge in [0.05, 0.1) is 41.3 Å². The Bertz CT molecular complexity index is 1790. The molecule has 0 saturated carbocycles. The lowest BCUT2D eigenvalue weighted by atomic mass is 10.00. The Balaban J connectivity index is 1.29. The lowest BCUT2D eigenvalue weighted by molar-refractivity contribution is 0.425. The molecule has 7 rings (SSSR count). The number of imidazole rings is 2. The first-order chi connectivity index (χ1) is 20.4. The molecule has 11 heteroatoms. The first-order valence-corrected chi connectivity index (χ1v) is 14.1. The predicted octanol–water partition coefficient (Wildman–Crippen LogP) is 3.50. The van der Waals surface area contributed by atoms with E-state index in [2.05, 4.69) is 36.9 Å². The van der Waals surface area contributed by atoms with Crippen molar-refractivity contribution in [2.45, 2.75) is 19.5 Å². The molecule has 2 aliphatic heterocycles. The lowest BCUT2D eigenvalue weighted by Gasteiger charge is -2.13. The first-order valence-electron chi connectivity index (χ1n) is 14.1. The predicted molar refractivity (Wildman–Crippen MR) is 162 cm³/mol. The number of rotatable bonds is 7. The van der Waals surface area contributed by atoms with Gasteiger partial charge in [-0.1, -0.05) is 12.1 Å². The average molecular weight is 565 g/mol. The highest BCUT2D eigenvalue weighted by Gasteiger charge is 2.38. The maximum absolute atomic E-state index is 14.9. The van der Waals surface area contributed by atoms with Gasteiger partial charge in [0.2, 0.25) is 0 Å². The summed E-state index contributed by atoms with van der Waals surface area (Å²) in [5.41, 5.74) is 9.43. The van der Waals surface area contributed by atoms with E-state index in [9.17, 15) is 4.39 Å². The summed E-state index contributed by atoms with van der Waals surface area (Å²) in [6.45, 7) is 4.62. The number of hydrogen-bond acceptors (Lipinski definition) is 8. The summed E-state index contributed by atoms with van der Waals surface area (Å²) in [5, 5.41) is 10.1. The molecule has 3 aromatic heterocycles. The molecule has 0 spiro atoms. The molecule has 1 fully saturated rings. The van der Waals surface area contributed by atoms with E-state index in [0.29, 0.717) is 31.3 Å². The van der Waals surface area contributed by atoms with Crippen LogP contribution in [-0.2, 0) is 13.6 Å². The third kappa shape index (κ3) is 4.80. The van der Waals surface area contributed by atoms with Crippen molar-refractivity contribution in [2.75, 3.05) is 39.2 Å². The fraction of sp³-hybridized carbons (Fsp3) is 0.290. The highest BCUT2D eigenvalue weighted by molar-refractivity contribution is 6.11. The molecule has 1 aromatic carbocycles. The van der Waals surface area contributed by atoms with Crippen LogP contribution in [0, 0.1) is 12.7 Å².